The Labute approximate surface area is 148 Å². The molecule has 0 spiro atoms. The Kier molecular flexibility index (Phi) is 5.49. The molecule has 0 saturated heterocycles. The fourth-order valence-corrected chi connectivity index (χ4v) is 3.17. The summed E-state index contributed by atoms with van der Waals surface area (Å²) in [5.74, 6) is -0.388. The first-order valence-electron chi connectivity index (χ1n) is 7.84. The largest absolute Gasteiger partial charge is 0.350 e. The van der Waals surface area contributed by atoms with Crippen LogP contribution < -0.4 is 15.8 Å². The summed E-state index contributed by atoms with van der Waals surface area (Å²) in [5.41, 5.74) is 6.72. The van der Waals surface area contributed by atoms with Crippen LogP contribution in [0.4, 0.5) is 5.69 Å². The highest BCUT2D eigenvalue weighted by atomic mass is 32.2. The van der Waals surface area contributed by atoms with Crippen LogP contribution in [0.3, 0.4) is 0 Å². The normalized spacial score (nSPS) is 11.8. The molecule has 25 heavy (non-hydrogen) atoms. The number of carbonyl (C=O) groups is 1. The molecule has 0 atom stereocenters. The Morgan fingerprint density at radius 3 is 2.28 bits per heavy atom. The minimum absolute atomic E-state index is 0.136. The van der Waals surface area contributed by atoms with Gasteiger partial charge in [-0.3, -0.25) is 9.52 Å². The summed E-state index contributed by atoms with van der Waals surface area (Å²) >= 11 is 0. The number of anilines is 1. The number of nitrogens with two attached hydrogens (primary N) is 1. The van der Waals surface area contributed by atoms with E-state index in [-0.39, 0.29) is 28.6 Å². The van der Waals surface area contributed by atoms with Crippen molar-refractivity contribution < 1.29 is 13.2 Å². The van der Waals surface area contributed by atoms with Crippen LogP contribution in [0.15, 0.2) is 53.4 Å². The zero-order valence-corrected chi connectivity index (χ0v) is 15.4. The van der Waals surface area contributed by atoms with Crippen molar-refractivity contribution in [1.29, 1.82) is 0 Å². The van der Waals surface area contributed by atoms with E-state index >= 15 is 0 Å². The molecule has 7 heteroatoms. The molecule has 0 aliphatic carbocycles. The number of benzene rings is 2. The van der Waals surface area contributed by atoms with Crippen molar-refractivity contribution >= 4 is 21.6 Å². The number of hydrogen-bond acceptors (Lipinski definition) is 4. The molecule has 0 aliphatic rings. The van der Waals surface area contributed by atoms with E-state index < -0.39 is 15.6 Å². The first-order valence-corrected chi connectivity index (χ1v) is 9.32. The molecule has 2 aromatic rings. The van der Waals surface area contributed by atoms with Gasteiger partial charge in [0, 0.05) is 12.1 Å². The molecule has 1 amide bonds. The average molecular weight is 361 g/mol. The van der Waals surface area contributed by atoms with Crippen LogP contribution in [-0.4, -0.2) is 26.4 Å². The molecule has 2 aromatic carbocycles. The van der Waals surface area contributed by atoms with E-state index in [4.69, 9.17) is 5.73 Å². The molecule has 4 N–H and O–H groups in total. The Morgan fingerprint density at radius 2 is 1.68 bits per heavy atom. The maximum atomic E-state index is 12.5. The lowest BCUT2D eigenvalue weighted by Crippen LogP contribution is -2.45. The monoisotopic (exact) mass is 361 g/mol. The number of nitrogens with one attached hydrogen (secondary N) is 2. The van der Waals surface area contributed by atoms with Crippen LogP contribution in [0.25, 0.3) is 0 Å². The van der Waals surface area contributed by atoms with Crippen molar-refractivity contribution in [3.8, 4) is 0 Å². The lowest BCUT2D eigenvalue weighted by atomic mass is 10.1. The predicted octanol–water partition coefficient (Wildman–Crippen LogP) is 2.26. The highest BCUT2D eigenvalue weighted by Gasteiger charge is 2.19. The van der Waals surface area contributed by atoms with Gasteiger partial charge in [0.1, 0.15) is 0 Å². The molecule has 6 nitrogen and oxygen atoms in total. The zero-order valence-electron chi connectivity index (χ0n) is 14.5. The first-order chi connectivity index (χ1) is 11.6. The number of aryl methyl sites for hydroxylation is 1. The van der Waals surface area contributed by atoms with Gasteiger partial charge >= 0.3 is 0 Å². The van der Waals surface area contributed by atoms with Gasteiger partial charge in [-0.05, 0) is 45.0 Å². The van der Waals surface area contributed by atoms with Gasteiger partial charge < -0.3 is 11.1 Å². The van der Waals surface area contributed by atoms with Gasteiger partial charge in [0.15, 0.2) is 0 Å². The summed E-state index contributed by atoms with van der Waals surface area (Å²) in [6, 6.07) is 12.9. The van der Waals surface area contributed by atoms with Crippen molar-refractivity contribution in [3.05, 3.63) is 59.7 Å². The van der Waals surface area contributed by atoms with Gasteiger partial charge in [0.2, 0.25) is 0 Å². The van der Waals surface area contributed by atoms with Crippen molar-refractivity contribution in [2.24, 2.45) is 5.73 Å². The first kappa shape index (κ1) is 19.0. The summed E-state index contributed by atoms with van der Waals surface area (Å²) in [6.07, 6.45) is 0. The lowest BCUT2D eigenvalue weighted by Gasteiger charge is -2.19. The van der Waals surface area contributed by atoms with Crippen LogP contribution >= 0.6 is 0 Å². The van der Waals surface area contributed by atoms with Crippen LogP contribution in [0.1, 0.15) is 29.8 Å². The third kappa shape index (κ3) is 5.30. The standard InChI is InChI=1S/C18H23N3O3S/c1-13-8-10-14(11-9-13)25(23,24)21-16-7-5-4-6-15(16)17(22)20-12-18(2,3)19/h4-11,21H,12,19H2,1-3H3,(H,20,22). The summed E-state index contributed by atoms with van der Waals surface area (Å²) in [7, 11) is -3.78. The van der Waals surface area contributed by atoms with Gasteiger partial charge in [-0.2, -0.15) is 0 Å². The van der Waals surface area contributed by atoms with E-state index in [1.807, 2.05) is 6.92 Å². The molecule has 0 unspecified atom stereocenters. The molecule has 0 aliphatic heterocycles. The number of hydrogen-bond donors (Lipinski definition) is 3. The Hall–Kier alpha value is -2.38. The van der Waals surface area contributed by atoms with Gasteiger partial charge in [-0.25, -0.2) is 8.42 Å². The molecule has 0 fully saturated rings. The fourth-order valence-electron chi connectivity index (χ4n) is 2.09. The van der Waals surface area contributed by atoms with Crippen molar-refractivity contribution in [2.75, 3.05) is 11.3 Å². The second-order valence-corrected chi connectivity index (χ2v) is 8.32. The van der Waals surface area contributed by atoms with E-state index in [2.05, 4.69) is 10.0 Å². The van der Waals surface area contributed by atoms with Crippen molar-refractivity contribution in [2.45, 2.75) is 31.2 Å². The van der Waals surface area contributed by atoms with Crippen molar-refractivity contribution in [1.82, 2.24) is 5.32 Å². The quantitative estimate of drug-likeness (QED) is 0.734. The smallest absolute Gasteiger partial charge is 0.261 e. The fraction of sp³-hybridized carbons (Fsp3) is 0.278. The molecule has 0 bridgehead atoms. The maximum absolute atomic E-state index is 12.5. The second kappa shape index (κ2) is 7.25. The number of rotatable bonds is 6. The third-order valence-corrected chi connectivity index (χ3v) is 4.83. The van der Waals surface area contributed by atoms with E-state index in [1.54, 1.807) is 50.2 Å². The third-order valence-electron chi connectivity index (χ3n) is 3.45. The van der Waals surface area contributed by atoms with Gasteiger partial charge in [0.25, 0.3) is 15.9 Å². The van der Waals surface area contributed by atoms with Crippen LogP contribution in [-0.2, 0) is 10.0 Å². The zero-order chi connectivity index (χ0) is 18.7. The van der Waals surface area contributed by atoms with Crippen LogP contribution in [0, 0.1) is 6.92 Å². The number of para-hydroxylation sites is 1. The number of amides is 1. The van der Waals surface area contributed by atoms with E-state index in [0.717, 1.165) is 5.56 Å². The second-order valence-electron chi connectivity index (χ2n) is 6.64. The van der Waals surface area contributed by atoms with Crippen LogP contribution in [0.5, 0.6) is 0 Å². The summed E-state index contributed by atoms with van der Waals surface area (Å²) in [4.78, 5) is 12.5. The van der Waals surface area contributed by atoms with Gasteiger partial charge in [-0.1, -0.05) is 29.8 Å². The predicted molar refractivity (Wildman–Crippen MR) is 99.0 cm³/mol. The molecular formula is C18H23N3O3S. The Balaban J connectivity index is 2.25. The summed E-state index contributed by atoms with van der Waals surface area (Å²) in [6.45, 7) is 5.73. The maximum Gasteiger partial charge on any atom is 0.261 e. The molecule has 0 saturated carbocycles. The highest BCUT2D eigenvalue weighted by molar-refractivity contribution is 7.92. The highest BCUT2D eigenvalue weighted by Crippen LogP contribution is 2.20. The Bertz CT molecular complexity index is 854. The van der Waals surface area contributed by atoms with Gasteiger partial charge in [-0.15, -0.1) is 0 Å². The summed E-state index contributed by atoms with van der Waals surface area (Å²) < 4.78 is 27.6. The molecule has 2 rings (SSSR count). The minimum Gasteiger partial charge on any atom is -0.350 e. The number of sulfonamides is 1. The molecular weight excluding hydrogens is 338 g/mol. The van der Waals surface area contributed by atoms with Gasteiger partial charge in [0.05, 0.1) is 16.1 Å². The number of carbonyl (C=O) groups excluding carboxylic acids is 1. The van der Waals surface area contributed by atoms with E-state index in [9.17, 15) is 13.2 Å². The topological polar surface area (TPSA) is 101 Å². The molecule has 0 radical (unpaired) electrons. The van der Waals surface area contributed by atoms with Crippen LogP contribution in [0.2, 0.25) is 0 Å². The summed E-state index contributed by atoms with van der Waals surface area (Å²) in [5, 5.41) is 2.71. The Morgan fingerprint density at radius 1 is 1.08 bits per heavy atom. The van der Waals surface area contributed by atoms with E-state index in [0.29, 0.717) is 0 Å². The van der Waals surface area contributed by atoms with Crippen molar-refractivity contribution in [3.63, 3.8) is 0 Å². The molecule has 0 heterocycles. The average Bonchev–Trinajstić information content (AvgIpc) is 2.52. The molecule has 0 aromatic heterocycles. The lowest BCUT2D eigenvalue weighted by molar-refractivity contribution is 0.0947. The van der Waals surface area contributed by atoms with E-state index in [1.165, 1.54) is 12.1 Å². The molecule has 134 valence electrons. The minimum atomic E-state index is -3.78. The SMILES string of the molecule is Cc1ccc(S(=O)(=O)Nc2ccccc2C(=O)NCC(C)(C)N)cc1.